The van der Waals surface area contributed by atoms with E-state index in [4.69, 9.17) is 21.1 Å². The number of carbonyl (C=O) groups excluding carboxylic acids is 1. The molecule has 4 nitrogen and oxygen atoms in total. The second kappa shape index (κ2) is 7.29. The first-order valence-electron chi connectivity index (χ1n) is 9.23. The first kappa shape index (κ1) is 18.0. The lowest BCUT2D eigenvalue weighted by Crippen LogP contribution is -2.59. The summed E-state index contributed by atoms with van der Waals surface area (Å²) < 4.78 is 25.2. The Bertz CT molecular complexity index is 734. The van der Waals surface area contributed by atoms with Gasteiger partial charge in [-0.05, 0) is 43.9 Å². The molecule has 140 valence electrons. The van der Waals surface area contributed by atoms with E-state index in [1.165, 1.54) is 17.7 Å². The number of fused-ring (bicyclic) bond motifs is 1. The molecule has 3 aliphatic rings. The van der Waals surface area contributed by atoms with Gasteiger partial charge in [0.1, 0.15) is 5.82 Å². The zero-order valence-electron chi connectivity index (χ0n) is 14.7. The Balaban J connectivity index is 1.67. The molecule has 4 rings (SSSR count). The predicted octanol–water partition coefficient (Wildman–Crippen LogP) is 3.84. The van der Waals surface area contributed by atoms with E-state index in [2.05, 4.69) is 6.08 Å². The normalized spacial score (nSPS) is 29.1. The van der Waals surface area contributed by atoms with Gasteiger partial charge in [-0.15, -0.1) is 0 Å². The van der Waals surface area contributed by atoms with Crippen molar-refractivity contribution < 1.29 is 18.7 Å². The van der Waals surface area contributed by atoms with Gasteiger partial charge in [-0.1, -0.05) is 23.3 Å². The highest BCUT2D eigenvalue weighted by molar-refractivity contribution is 6.30. The lowest BCUT2D eigenvalue weighted by molar-refractivity contribution is -0.0739. The van der Waals surface area contributed by atoms with Crippen LogP contribution in [0.1, 0.15) is 36.0 Å². The number of rotatable bonds is 2. The van der Waals surface area contributed by atoms with Crippen LogP contribution >= 0.6 is 11.6 Å². The van der Waals surface area contributed by atoms with E-state index in [1.54, 1.807) is 6.07 Å². The molecule has 3 aliphatic heterocycles. The molecule has 0 unspecified atom stereocenters. The van der Waals surface area contributed by atoms with Crippen molar-refractivity contribution in [1.82, 2.24) is 4.90 Å². The lowest BCUT2D eigenvalue weighted by Gasteiger charge is -2.54. The van der Waals surface area contributed by atoms with Gasteiger partial charge in [0.25, 0.3) is 5.91 Å². The van der Waals surface area contributed by atoms with Crippen LogP contribution < -0.4 is 0 Å². The first-order valence-corrected chi connectivity index (χ1v) is 9.61. The molecule has 0 spiro atoms. The molecule has 2 fully saturated rings. The minimum atomic E-state index is -0.556. The first-order chi connectivity index (χ1) is 12.6. The zero-order chi connectivity index (χ0) is 18.1. The molecule has 0 N–H and O–H groups in total. The van der Waals surface area contributed by atoms with Crippen molar-refractivity contribution in [2.24, 2.45) is 5.41 Å². The molecule has 0 aliphatic carbocycles. The maximum absolute atomic E-state index is 13.9. The number of halogens is 2. The Morgan fingerprint density at radius 1 is 1.31 bits per heavy atom. The fraction of sp³-hybridized carbons (Fsp3) is 0.550. The van der Waals surface area contributed by atoms with Crippen LogP contribution in [0.4, 0.5) is 4.39 Å². The second-order valence-electron chi connectivity index (χ2n) is 7.30. The maximum atomic E-state index is 13.9. The van der Waals surface area contributed by atoms with Crippen LogP contribution in [0.15, 0.2) is 29.8 Å². The van der Waals surface area contributed by atoms with Gasteiger partial charge >= 0.3 is 0 Å². The minimum absolute atomic E-state index is 0.0352. The predicted molar refractivity (Wildman–Crippen MR) is 96.9 cm³/mol. The highest BCUT2D eigenvalue weighted by Crippen LogP contribution is 2.48. The zero-order valence-corrected chi connectivity index (χ0v) is 15.4. The van der Waals surface area contributed by atoms with E-state index in [-0.39, 0.29) is 22.4 Å². The molecule has 2 saturated heterocycles. The Labute approximate surface area is 157 Å². The van der Waals surface area contributed by atoms with Crippen LogP contribution in [-0.4, -0.2) is 49.8 Å². The monoisotopic (exact) mass is 379 g/mol. The standard InChI is InChI=1S/C20H23ClFNO3/c21-16-3-2-14(12-17(16)22)19(24)23-8-1-7-20(13-26-11-6-18(20)23)15-4-9-25-10-5-15/h2-4,12,18H,1,5-11,13H2/t18-,20-/m0/s1. The third-order valence-electron chi connectivity index (χ3n) is 5.96. The van der Waals surface area contributed by atoms with Gasteiger partial charge in [-0.3, -0.25) is 4.79 Å². The summed E-state index contributed by atoms with van der Waals surface area (Å²) >= 11 is 5.77. The van der Waals surface area contributed by atoms with Crippen molar-refractivity contribution in [1.29, 1.82) is 0 Å². The highest BCUT2D eigenvalue weighted by atomic mass is 35.5. The van der Waals surface area contributed by atoms with Gasteiger partial charge in [-0.25, -0.2) is 4.39 Å². The summed E-state index contributed by atoms with van der Waals surface area (Å²) in [6.45, 7) is 3.33. The van der Waals surface area contributed by atoms with E-state index in [9.17, 15) is 9.18 Å². The molecular formula is C20H23ClFNO3. The summed E-state index contributed by atoms with van der Waals surface area (Å²) in [4.78, 5) is 15.1. The van der Waals surface area contributed by atoms with Gasteiger partial charge < -0.3 is 14.4 Å². The summed E-state index contributed by atoms with van der Waals surface area (Å²) in [5.74, 6) is -0.677. The molecule has 1 aromatic rings. The van der Waals surface area contributed by atoms with E-state index in [0.29, 0.717) is 31.9 Å². The van der Waals surface area contributed by atoms with Crippen molar-refractivity contribution in [3.05, 3.63) is 46.3 Å². The van der Waals surface area contributed by atoms with Gasteiger partial charge in [0, 0.05) is 30.2 Å². The van der Waals surface area contributed by atoms with Crippen molar-refractivity contribution in [2.45, 2.75) is 31.7 Å². The fourth-order valence-electron chi connectivity index (χ4n) is 4.72. The van der Waals surface area contributed by atoms with Crippen molar-refractivity contribution in [3.63, 3.8) is 0 Å². The SMILES string of the molecule is O=C(c1ccc(Cl)c(F)c1)N1CCC[C@@]2(C3=CCOCC3)COCC[C@H]12. The molecule has 1 aromatic carbocycles. The summed E-state index contributed by atoms with van der Waals surface area (Å²) in [6.07, 6.45) is 5.79. The van der Waals surface area contributed by atoms with E-state index >= 15 is 0 Å². The minimum Gasteiger partial charge on any atom is -0.380 e. The number of hydrogen-bond donors (Lipinski definition) is 0. The third kappa shape index (κ3) is 3.06. The number of piperidine rings is 1. The highest BCUT2D eigenvalue weighted by Gasteiger charge is 2.50. The largest absolute Gasteiger partial charge is 0.380 e. The van der Waals surface area contributed by atoms with Gasteiger partial charge in [0.05, 0.1) is 24.8 Å². The number of hydrogen-bond acceptors (Lipinski definition) is 3. The van der Waals surface area contributed by atoms with Crippen molar-refractivity contribution in [3.8, 4) is 0 Å². The molecule has 26 heavy (non-hydrogen) atoms. The molecule has 1 amide bonds. The number of benzene rings is 1. The molecule has 0 bridgehead atoms. The fourth-order valence-corrected chi connectivity index (χ4v) is 4.84. The molecule has 0 radical (unpaired) electrons. The van der Waals surface area contributed by atoms with Crippen LogP contribution in [0.25, 0.3) is 0 Å². The third-order valence-corrected chi connectivity index (χ3v) is 6.27. The molecule has 2 atom stereocenters. The van der Waals surface area contributed by atoms with Crippen LogP contribution in [0.2, 0.25) is 5.02 Å². The quantitative estimate of drug-likeness (QED) is 0.733. The van der Waals surface area contributed by atoms with E-state index < -0.39 is 5.82 Å². The summed E-state index contributed by atoms with van der Waals surface area (Å²) in [5, 5.41) is 0.0352. The Morgan fingerprint density at radius 2 is 2.19 bits per heavy atom. The number of likely N-dealkylation sites (tertiary alicyclic amines) is 1. The van der Waals surface area contributed by atoms with Crippen LogP contribution in [0.3, 0.4) is 0 Å². The summed E-state index contributed by atoms with van der Waals surface area (Å²) in [5.41, 5.74) is 1.57. The van der Waals surface area contributed by atoms with Gasteiger partial charge in [0.15, 0.2) is 0 Å². The number of amides is 1. The molecular weight excluding hydrogens is 357 g/mol. The summed E-state index contributed by atoms with van der Waals surface area (Å²) in [7, 11) is 0. The smallest absolute Gasteiger partial charge is 0.254 e. The molecule has 0 aromatic heterocycles. The van der Waals surface area contributed by atoms with Crippen molar-refractivity contribution in [2.75, 3.05) is 33.0 Å². The Kier molecular flexibility index (Phi) is 5.04. The number of nitrogens with zero attached hydrogens (tertiary/aromatic N) is 1. The Hall–Kier alpha value is -1.43. The number of carbonyl (C=O) groups is 1. The van der Waals surface area contributed by atoms with Crippen LogP contribution in [-0.2, 0) is 9.47 Å². The number of ether oxygens (including phenoxy) is 2. The van der Waals surface area contributed by atoms with Gasteiger partial charge in [0.2, 0.25) is 0 Å². The maximum Gasteiger partial charge on any atom is 0.254 e. The van der Waals surface area contributed by atoms with E-state index in [1.807, 2.05) is 4.90 Å². The lowest BCUT2D eigenvalue weighted by atomic mass is 9.65. The van der Waals surface area contributed by atoms with Gasteiger partial charge in [-0.2, -0.15) is 0 Å². The second-order valence-corrected chi connectivity index (χ2v) is 7.71. The van der Waals surface area contributed by atoms with E-state index in [0.717, 1.165) is 32.3 Å². The molecule has 6 heteroatoms. The van der Waals surface area contributed by atoms with Crippen molar-refractivity contribution >= 4 is 17.5 Å². The summed E-state index contributed by atoms with van der Waals surface area (Å²) in [6, 6.07) is 4.39. The Morgan fingerprint density at radius 3 is 2.96 bits per heavy atom. The molecule has 0 saturated carbocycles. The van der Waals surface area contributed by atoms with Crippen LogP contribution in [0, 0.1) is 11.2 Å². The van der Waals surface area contributed by atoms with Crippen LogP contribution in [0.5, 0.6) is 0 Å². The average Bonchev–Trinajstić information content (AvgIpc) is 2.69. The topological polar surface area (TPSA) is 38.8 Å². The average molecular weight is 380 g/mol. The molecule has 3 heterocycles.